The van der Waals surface area contributed by atoms with Crippen LogP contribution in [0.5, 0.6) is 0 Å². The maximum atomic E-state index is 12.7. The number of para-hydroxylation sites is 1. The Morgan fingerprint density at radius 3 is 2.48 bits per heavy atom. The quantitative estimate of drug-likeness (QED) is 0.416. The smallest absolute Gasteiger partial charge is 0.276 e. The average molecular weight is 408 g/mol. The topological polar surface area (TPSA) is 113 Å². The molecule has 3 heterocycles. The molecule has 5 aromatic rings. The Morgan fingerprint density at radius 1 is 0.806 bits per heavy atom. The molecule has 0 unspecified atom stereocenters. The van der Waals surface area contributed by atoms with Gasteiger partial charge in [-0.2, -0.15) is 0 Å². The zero-order chi connectivity index (χ0) is 21.2. The van der Waals surface area contributed by atoms with Crippen LogP contribution in [0.4, 0.5) is 11.8 Å². The molecule has 0 spiro atoms. The fourth-order valence-electron chi connectivity index (χ4n) is 3.27. The highest BCUT2D eigenvalue weighted by atomic mass is 16.2. The molecule has 8 nitrogen and oxygen atoms in total. The lowest BCUT2D eigenvalue weighted by atomic mass is 10.1. The predicted octanol–water partition coefficient (Wildman–Crippen LogP) is 4.01. The maximum absolute atomic E-state index is 12.7. The molecular weight excluding hydrogens is 392 g/mol. The molecule has 2 aromatic carbocycles. The van der Waals surface area contributed by atoms with E-state index >= 15 is 0 Å². The van der Waals surface area contributed by atoms with Crippen molar-refractivity contribution in [2.75, 3.05) is 10.6 Å². The number of carbonyl (C=O) groups is 2. The van der Waals surface area contributed by atoms with Crippen molar-refractivity contribution in [2.45, 2.75) is 0 Å². The van der Waals surface area contributed by atoms with Gasteiger partial charge in [-0.25, -0.2) is 9.97 Å². The van der Waals surface area contributed by atoms with Gasteiger partial charge in [0, 0.05) is 17.8 Å². The molecule has 0 aliphatic heterocycles. The van der Waals surface area contributed by atoms with E-state index in [1.807, 2.05) is 24.3 Å². The standard InChI is InChI=1S/C23H16N6O2/c30-21(27-19-10-3-4-11-24-19)16-8-5-9-17-20(16)28-23(26-17)29-22(31)18-12-14-6-1-2-7-15(14)13-25-18/h1-13H,(H,24,27,30)(H2,26,28,29,31). The third-order valence-corrected chi connectivity index (χ3v) is 4.76. The van der Waals surface area contributed by atoms with Gasteiger partial charge in [0.1, 0.15) is 17.0 Å². The average Bonchev–Trinajstić information content (AvgIpc) is 3.21. The number of nitrogens with one attached hydrogen (secondary N) is 3. The zero-order valence-electron chi connectivity index (χ0n) is 16.2. The van der Waals surface area contributed by atoms with Crippen molar-refractivity contribution in [1.82, 2.24) is 19.9 Å². The van der Waals surface area contributed by atoms with Gasteiger partial charge in [0.15, 0.2) is 0 Å². The molecule has 0 aliphatic rings. The third-order valence-electron chi connectivity index (χ3n) is 4.76. The van der Waals surface area contributed by atoms with E-state index in [1.54, 1.807) is 54.9 Å². The number of pyridine rings is 2. The fourth-order valence-corrected chi connectivity index (χ4v) is 3.27. The summed E-state index contributed by atoms with van der Waals surface area (Å²) in [5, 5.41) is 7.33. The summed E-state index contributed by atoms with van der Waals surface area (Å²) in [5.41, 5.74) is 1.70. The minimum atomic E-state index is -0.399. The van der Waals surface area contributed by atoms with E-state index in [4.69, 9.17) is 0 Å². The van der Waals surface area contributed by atoms with Gasteiger partial charge in [-0.05, 0) is 35.7 Å². The van der Waals surface area contributed by atoms with Crippen LogP contribution >= 0.6 is 0 Å². The Kier molecular flexibility index (Phi) is 4.57. The molecule has 0 saturated carbocycles. The Hall–Kier alpha value is -4.59. The van der Waals surface area contributed by atoms with Crippen LogP contribution in [-0.2, 0) is 0 Å². The van der Waals surface area contributed by atoms with E-state index in [9.17, 15) is 9.59 Å². The number of imidazole rings is 1. The first-order valence-corrected chi connectivity index (χ1v) is 9.55. The van der Waals surface area contributed by atoms with Crippen LogP contribution in [0.3, 0.4) is 0 Å². The van der Waals surface area contributed by atoms with E-state index in [0.29, 0.717) is 22.4 Å². The van der Waals surface area contributed by atoms with Crippen molar-refractivity contribution in [1.29, 1.82) is 0 Å². The number of hydrogen-bond acceptors (Lipinski definition) is 5. The molecule has 2 amide bonds. The van der Waals surface area contributed by atoms with Gasteiger partial charge in [0.05, 0.1) is 11.1 Å². The molecule has 0 aliphatic carbocycles. The number of aromatic nitrogens is 4. The Balaban J connectivity index is 1.41. The van der Waals surface area contributed by atoms with Crippen molar-refractivity contribution in [3.05, 3.63) is 90.4 Å². The summed E-state index contributed by atoms with van der Waals surface area (Å²) >= 11 is 0. The number of hydrogen-bond donors (Lipinski definition) is 3. The van der Waals surface area contributed by atoms with Crippen molar-refractivity contribution >= 4 is 45.4 Å². The number of carbonyl (C=O) groups excluding carboxylic acids is 2. The minimum absolute atomic E-state index is 0.230. The number of anilines is 2. The van der Waals surface area contributed by atoms with Gasteiger partial charge in [0.25, 0.3) is 11.8 Å². The van der Waals surface area contributed by atoms with Crippen molar-refractivity contribution in [3.63, 3.8) is 0 Å². The number of rotatable bonds is 4. The van der Waals surface area contributed by atoms with E-state index in [-0.39, 0.29) is 17.5 Å². The molecule has 0 bridgehead atoms. The molecular formula is C23H16N6O2. The second-order valence-electron chi connectivity index (χ2n) is 6.83. The first kappa shape index (κ1) is 18.4. The summed E-state index contributed by atoms with van der Waals surface area (Å²) in [6.07, 6.45) is 3.25. The second-order valence-corrected chi connectivity index (χ2v) is 6.83. The normalized spacial score (nSPS) is 10.8. The molecule has 5 rings (SSSR count). The van der Waals surface area contributed by atoms with Gasteiger partial charge in [-0.1, -0.05) is 36.4 Å². The van der Waals surface area contributed by atoms with Crippen LogP contribution in [0.15, 0.2) is 79.1 Å². The van der Waals surface area contributed by atoms with Gasteiger partial charge >= 0.3 is 0 Å². The molecule has 0 atom stereocenters. The zero-order valence-corrected chi connectivity index (χ0v) is 16.2. The first-order valence-electron chi connectivity index (χ1n) is 9.55. The maximum Gasteiger partial charge on any atom is 0.276 e. The summed E-state index contributed by atoms with van der Waals surface area (Å²) in [5.74, 6) is -0.0712. The largest absolute Gasteiger partial charge is 0.324 e. The van der Waals surface area contributed by atoms with Crippen LogP contribution in [0.1, 0.15) is 20.8 Å². The van der Waals surface area contributed by atoms with Crippen LogP contribution < -0.4 is 10.6 Å². The summed E-state index contributed by atoms with van der Waals surface area (Å²) in [6.45, 7) is 0. The number of aromatic amines is 1. The lowest BCUT2D eigenvalue weighted by molar-refractivity contribution is 0.101. The number of benzene rings is 2. The molecule has 8 heteroatoms. The Morgan fingerprint density at radius 2 is 1.65 bits per heavy atom. The highest BCUT2D eigenvalue weighted by Gasteiger charge is 2.16. The van der Waals surface area contributed by atoms with Gasteiger partial charge in [-0.3, -0.25) is 19.9 Å². The van der Waals surface area contributed by atoms with Crippen LogP contribution in [0.25, 0.3) is 21.8 Å². The number of fused-ring (bicyclic) bond motifs is 2. The van der Waals surface area contributed by atoms with Gasteiger partial charge in [-0.15, -0.1) is 0 Å². The molecule has 3 aromatic heterocycles. The summed E-state index contributed by atoms with van der Waals surface area (Å²) in [4.78, 5) is 41.1. The monoisotopic (exact) mass is 408 g/mol. The van der Waals surface area contributed by atoms with Crippen LogP contribution in [0.2, 0.25) is 0 Å². The highest BCUT2D eigenvalue weighted by Crippen LogP contribution is 2.20. The number of H-pyrrole nitrogens is 1. The SMILES string of the molecule is O=C(Nc1nc2c(C(=O)Nc3ccccn3)cccc2[nH]1)c1cc2ccccc2cn1. The minimum Gasteiger partial charge on any atom is -0.324 e. The van der Waals surface area contributed by atoms with Crippen molar-refractivity contribution < 1.29 is 9.59 Å². The van der Waals surface area contributed by atoms with E-state index in [1.165, 1.54) is 0 Å². The third kappa shape index (κ3) is 3.69. The Labute approximate surface area is 176 Å². The lowest BCUT2D eigenvalue weighted by Crippen LogP contribution is -2.14. The van der Waals surface area contributed by atoms with Crippen LogP contribution in [0, 0.1) is 0 Å². The van der Waals surface area contributed by atoms with Crippen molar-refractivity contribution in [3.8, 4) is 0 Å². The summed E-state index contributed by atoms with van der Waals surface area (Å²) < 4.78 is 0. The molecule has 0 fully saturated rings. The molecule has 150 valence electrons. The second kappa shape index (κ2) is 7.68. The molecule has 31 heavy (non-hydrogen) atoms. The van der Waals surface area contributed by atoms with E-state index < -0.39 is 5.91 Å². The highest BCUT2D eigenvalue weighted by molar-refractivity contribution is 6.12. The summed E-state index contributed by atoms with van der Waals surface area (Å²) in [6, 6.07) is 19.8. The van der Waals surface area contributed by atoms with Crippen molar-refractivity contribution in [2.24, 2.45) is 0 Å². The molecule has 3 N–H and O–H groups in total. The fraction of sp³-hybridized carbons (Fsp3) is 0. The number of amides is 2. The first-order chi connectivity index (χ1) is 15.2. The van der Waals surface area contributed by atoms with E-state index in [2.05, 4.69) is 30.6 Å². The van der Waals surface area contributed by atoms with Gasteiger partial charge < -0.3 is 10.3 Å². The molecule has 0 radical (unpaired) electrons. The van der Waals surface area contributed by atoms with Gasteiger partial charge in [0.2, 0.25) is 5.95 Å². The predicted molar refractivity (Wildman–Crippen MR) is 118 cm³/mol. The van der Waals surface area contributed by atoms with E-state index in [0.717, 1.165) is 10.8 Å². The molecule has 0 saturated heterocycles. The Bertz CT molecular complexity index is 1430. The van der Waals surface area contributed by atoms with Crippen LogP contribution in [-0.4, -0.2) is 31.8 Å². The number of nitrogens with zero attached hydrogens (tertiary/aromatic N) is 3. The lowest BCUT2D eigenvalue weighted by Gasteiger charge is -2.04. The summed E-state index contributed by atoms with van der Waals surface area (Å²) in [7, 11) is 0.